The van der Waals surface area contributed by atoms with Crippen molar-refractivity contribution in [3.8, 4) is 0 Å². The van der Waals surface area contributed by atoms with Crippen molar-refractivity contribution in [1.29, 1.82) is 0 Å². The Balaban J connectivity index is 1.45. The predicted octanol–water partition coefficient (Wildman–Crippen LogP) is 4.69. The molecule has 0 aromatic heterocycles. The number of amides is 1. The Hall–Kier alpha value is -1.35. The Kier molecular flexibility index (Phi) is 4.39. The van der Waals surface area contributed by atoms with Crippen molar-refractivity contribution < 1.29 is 4.79 Å². The Morgan fingerprint density at radius 3 is 2.50 bits per heavy atom. The molecule has 0 spiro atoms. The van der Waals surface area contributed by atoms with Crippen molar-refractivity contribution in [3.05, 3.63) is 35.9 Å². The lowest BCUT2D eigenvalue weighted by atomic mass is 9.38. The average molecular weight is 381 g/mol. The molecule has 5 fully saturated rings. The SMILES string of the molecule is CC[C@]12CC3CC(C(=O)N[C@H]4CC[C@@H](N)CC4)(C1)C[C@@](c1ccccc1)(C3)C2. The normalized spacial score (nSPS) is 44.4. The van der Waals surface area contributed by atoms with Gasteiger partial charge in [-0.25, -0.2) is 0 Å². The zero-order valence-corrected chi connectivity index (χ0v) is 17.4. The molecule has 0 aliphatic heterocycles. The summed E-state index contributed by atoms with van der Waals surface area (Å²) in [6.45, 7) is 2.36. The number of hydrogen-bond acceptors (Lipinski definition) is 2. The highest BCUT2D eigenvalue weighted by atomic mass is 16.2. The first kappa shape index (κ1) is 18.7. The first-order valence-electron chi connectivity index (χ1n) is 11.6. The summed E-state index contributed by atoms with van der Waals surface area (Å²) >= 11 is 0. The van der Waals surface area contributed by atoms with E-state index in [0.717, 1.165) is 44.9 Å². The lowest BCUT2D eigenvalue weighted by Crippen LogP contribution is -2.63. The molecule has 0 heterocycles. The molecule has 3 heteroatoms. The van der Waals surface area contributed by atoms with Gasteiger partial charge in [-0.15, -0.1) is 0 Å². The molecule has 5 aliphatic rings. The molecule has 3 N–H and O–H groups in total. The Bertz CT molecular complexity index is 740. The molecule has 0 saturated heterocycles. The number of carbonyl (C=O) groups excluding carboxylic acids is 1. The van der Waals surface area contributed by atoms with Crippen LogP contribution in [-0.2, 0) is 10.2 Å². The maximum absolute atomic E-state index is 13.7. The highest BCUT2D eigenvalue weighted by Gasteiger charge is 2.65. The second-order valence-electron chi connectivity index (χ2n) is 10.9. The smallest absolute Gasteiger partial charge is 0.226 e. The van der Waals surface area contributed by atoms with Crippen molar-refractivity contribution in [3.63, 3.8) is 0 Å². The predicted molar refractivity (Wildman–Crippen MR) is 113 cm³/mol. The lowest BCUT2D eigenvalue weighted by molar-refractivity contribution is -0.164. The second-order valence-corrected chi connectivity index (χ2v) is 10.9. The Labute approximate surface area is 169 Å². The van der Waals surface area contributed by atoms with E-state index in [9.17, 15) is 4.79 Å². The van der Waals surface area contributed by atoms with Crippen LogP contribution in [0.25, 0.3) is 0 Å². The largest absolute Gasteiger partial charge is 0.353 e. The number of nitrogens with one attached hydrogen (secondary N) is 1. The fourth-order valence-electron chi connectivity index (χ4n) is 8.00. The van der Waals surface area contributed by atoms with Crippen LogP contribution in [0.4, 0.5) is 0 Å². The minimum Gasteiger partial charge on any atom is -0.353 e. The zero-order valence-electron chi connectivity index (χ0n) is 17.4. The van der Waals surface area contributed by atoms with Gasteiger partial charge in [-0.2, -0.15) is 0 Å². The standard InChI is InChI=1S/C25H36N2O/c1-2-23-12-18-13-24(15-23,19-6-4-3-5-7-19)17-25(14-18,16-23)22(28)27-21-10-8-20(26)9-11-21/h3-7,18,20-21H,2,8-17,26H2,1H3,(H,27,28)/t18?,20-,21+,23-,24-,25?/m1/s1. The van der Waals surface area contributed by atoms with Gasteiger partial charge in [0.1, 0.15) is 0 Å². The third-order valence-electron chi connectivity index (χ3n) is 8.91. The van der Waals surface area contributed by atoms with Crippen molar-refractivity contribution in [2.24, 2.45) is 22.5 Å². The molecule has 2 unspecified atom stereocenters. The molecule has 1 amide bonds. The molecule has 152 valence electrons. The van der Waals surface area contributed by atoms with E-state index in [4.69, 9.17) is 5.73 Å². The first-order valence-corrected chi connectivity index (χ1v) is 11.6. The van der Waals surface area contributed by atoms with Crippen LogP contribution in [-0.4, -0.2) is 18.0 Å². The number of hydrogen-bond donors (Lipinski definition) is 2. The summed E-state index contributed by atoms with van der Waals surface area (Å²) in [7, 11) is 0. The molecule has 4 atom stereocenters. The van der Waals surface area contributed by atoms with Gasteiger partial charge >= 0.3 is 0 Å². The molecule has 28 heavy (non-hydrogen) atoms. The lowest BCUT2D eigenvalue weighted by Gasteiger charge is -2.66. The molecular formula is C25H36N2O. The third-order valence-corrected chi connectivity index (χ3v) is 8.91. The van der Waals surface area contributed by atoms with Gasteiger partial charge in [0.05, 0.1) is 5.41 Å². The summed E-state index contributed by atoms with van der Waals surface area (Å²) in [6, 6.07) is 11.8. The second kappa shape index (κ2) is 6.58. The van der Waals surface area contributed by atoms with E-state index >= 15 is 0 Å². The van der Waals surface area contributed by atoms with Crippen LogP contribution in [0.1, 0.15) is 83.1 Å². The molecule has 5 saturated carbocycles. The summed E-state index contributed by atoms with van der Waals surface area (Å²) in [6.07, 6.45) is 12.6. The van der Waals surface area contributed by atoms with Gasteiger partial charge in [0.15, 0.2) is 0 Å². The van der Waals surface area contributed by atoms with Crippen LogP contribution < -0.4 is 11.1 Å². The van der Waals surface area contributed by atoms with Crippen LogP contribution in [0.15, 0.2) is 30.3 Å². The van der Waals surface area contributed by atoms with Crippen LogP contribution >= 0.6 is 0 Å². The van der Waals surface area contributed by atoms with Gasteiger partial charge in [-0.05, 0) is 86.5 Å². The molecule has 5 aliphatic carbocycles. The summed E-state index contributed by atoms with van der Waals surface area (Å²) in [5.41, 5.74) is 7.99. The Morgan fingerprint density at radius 2 is 1.79 bits per heavy atom. The van der Waals surface area contributed by atoms with Crippen LogP contribution in [0, 0.1) is 16.7 Å². The van der Waals surface area contributed by atoms with E-state index in [-0.39, 0.29) is 10.8 Å². The number of benzene rings is 1. The highest BCUT2D eigenvalue weighted by molar-refractivity contribution is 5.84. The van der Waals surface area contributed by atoms with Gasteiger partial charge in [0.2, 0.25) is 5.91 Å². The minimum atomic E-state index is -0.148. The van der Waals surface area contributed by atoms with Gasteiger partial charge in [0.25, 0.3) is 0 Å². The highest BCUT2D eigenvalue weighted by Crippen LogP contribution is 2.71. The van der Waals surface area contributed by atoms with Gasteiger partial charge in [-0.3, -0.25) is 4.79 Å². The maximum atomic E-state index is 13.7. The fourth-order valence-corrected chi connectivity index (χ4v) is 8.00. The average Bonchev–Trinajstić information content (AvgIpc) is 2.69. The van der Waals surface area contributed by atoms with Crippen LogP contribution in [0.3, 0.4) is 0 Å². The van der Waals surface area contributed by atoms with E-state index in [0.29, 0.717) is 29.3 Å². The monoisotopic (exact) mass is 380 g/mol. The number of nitrogens with two attached hydrogens (primary N) is 1. The fraction of sp³-hybridized carbons (Fsp3) is 0.720. The number of rotatable bonds is 4. The van der Waals surface area contributed by atoms with E-state index in [1.54, 1.807) is 0 Å². The Morgan fingerprint density at radius 1 is 1.04 bits per heavy atom. The summed E-state index contributed by atoms with van der Waals surface area (Å²) < 4.78 is 0. The summed E-state index contributed by atoms with van der Waals surface area (Å²) in [4.78, 5) is 13.7. The topological polar surface area (TPSA) is 55.1 Å². The van der Waals surface area contributed by atoms with Crippen molar-refractivity contribution in [1.82, 2.24) is 5.32 Å². The zero-order chi connectivity index (χ0) is 19.4. The van der Waals surface area contributed by atoms with E-state index in [1.807, 2.05) is 0 Å². The summed E-state index contributed by atoms with van der Waals surface area (Å²) in [5.74, 6) is 1.08. The van der Waals surface area contributed by atoms with Crippen LogP contribution in [0.2, 0.25) is 0 Å². The third kappa shape index (κ3) is 2.93. The van der Waals surface area contributed by atoms with Crippen molar-refractivity contribution >= 4 is 5.91 Å². The molecular weight excluding hydrogens is 344 g/mol. The van der Waals surface area contributed by atoms with Crippen LogP contribution in [0.5, 0.6) is 0 Å². The molecule has 4 bridgehead atoms. The van der Waals surface area contributed by atoms with Gasteiger partial charge in [-0.1, -0.05) is 43.7 Å². The first-order chi connectivity index (χ1) is 13.5. The summed E-state index contributed by atoms with van der Waals surface area (Å²) in [5, 5.41) is 3.51. The van der Waals surface area contributed by atoms with E-state index in [2.05, 4.69) is 42.6 Å². The quantitative estimate of drug-likeness (QED) is 0.796. The van der Waals surface area contributed by atoms with Crippen molar-refractivity contribution in [2.45, 2.75) is 95.1 Å². The van der Waals surface area contributed by atoms with E-state index in [1.165, 1.54) is 31.2 Å². The molecule has 3 nitrogen and oxygen atoms in total. The molecule has 1 aromatic carbocycles. The maximum Gasteiger partial charge on any atom is 0.226 e. The van der Waals surface area contributed by atoms with E-state index < -0.39 is 0 Å². The van der Waals surface area contributed by atoms with Crippen molar-refractivity contribution in [2.75, 3.05) is 0 Å². The minimum absolute atomic E-state index is 0.148. The number of carbonyl (C=O) groups is 1. The van der Waals surface area contributed by atoms with Gasteiger partial charge in [0, 0.05) is 12.1 Å². The molecule has 0 radical (unpaired) electrons. The van der Waals surface area contributed by atoms with Gasteiger partial charge < -0.3 is 11.1 Å². The molecule has 1 aromatic rings. The molecule has 6 rings (SSSR count).